The van der Waals surface area contributed by atoms with Crippen LogP contribution in [0.4, 0.5) is 15.6 Å². The van der Waals surface area contributed by atoms with E-state index in [1.54, 1.807) is 26.2 Å². The standard InChI is InChI=1S/C20H26N4O3S/c1-20(2,3)27-19(26)22-18-21-15(14-28-18)13-17(25)24-11-9-23(10-12-24)16-7-5-4-6-8-16/h4-8,14H,9-13H2,1-3H3,(H,21,22,26). The zero-order valence-electron chi connectivity index (χ0n) is 16.5. The molecule has 150 valence electrons. The van der Waals surface area contributed by atoms with Crippen molar-refractivity contribution in [3.63, 3.8) is 0 Å². The summed E-state index contributed by atoms with van der Waals surface area (Å²) in [5.74, 6) is 0.0572. The van der Waals surface area contributed by atoms with Crippen LogP contribution in [-0.2, 0) is 16.0 Å². The number of carbonyl (C=O) groups excluding carboxylic acids is 2. The molecule has 8 heteroatoms. The SMILES string of the molecule is CC(C)(C)OC(=O)Nc1nc(CC(=O)N2CCN(c3ccccc3)CC2)cs1. The molecule has 2 amide bonds. The van der Waals surface area contributed by atoms with Gasteiger partial charge in [-0.3, -0.25) is 10.1 Å². The molecule has 0 atom stereocenters. The molecular weight excluding hydrogens is 376 g/mol. The molecule has 1 N–H and O–H groups in total. The van der Waals surface area contributed by atoms with Crippen LogP contribution < -0.4 is 10.2 Å². The second-order valence-electron chi connectivity index (χ2n) is 7.65. The van der Waals surface area contributed by atoms with Crippen LogP contribution in [0.2, 0.25) is 0 Å². The number of amides is 2. The van der Waals surface area contributed by atoms with Crippen LogP contribution in [0, 0.1) is 0 Å². The smallest absolute Gasteiger partial charge is 0.413 e. The number of thiazole rings is 1. The Labute approximate surface area is 169 Å². The molecule has 1 aromatic carbocycles. The number of para-hydroxylation sites is 1. The van der Waals surface area contributed by atoms with Crippen molar-refractivity contribution >= 4 is 34.2 Å². The van der Waals surface area contributed by atoms with E-state index in [0.717, 1.165) is 13.1 Å². The average molecular weight is 403 g/mol. The van der Waals surface area contributed by atoms with Gasteiger partial charge in [0, 0.05) is 37.2 Å². The molecule has 3 rings (SSSR count). The van der Waals surface area contributed by atoms with E-state index in [-0.39, 0.29) is 12.3 Å². The number of benzene rings is 1. The summed E-state index contributed by atoms with van der Waals surface area (Å²) >= 11 is 1.29. The van der Waals surface area contributed by atoms with Crippen LogP contribution in [0.15, 0.2) is 35.7 Å². The van der Waals surface area contributed by atoms with E-state index in [9.17, 15) is 9.59 Å². The molecule has 7 nitrogen and oxygen atoms in total. The molecule has 0 aliphatic carbocycles. The zero-order chi connectivity index (χ0) is 20.1. The summed E-state index contributed by atoms with van der Waals surface area (Å²) in [4.78, 5) is 32.9. The Balaban J connectivity index is 1.48. The van der Waals surface area contributed by atoms with Crippen molar-refractivity contribution in [2.24, 2.45) is 0 Å². The quantitative estimate of drug-likeness (QED) is 0.849. The largest absolute Gasteiger partial charge is 0.444 e. The summed E-state index contributed by atoms with van der Waals surface area (Å²) in [6.45, 7) is 8.43. The van der Waals surface area contributed by atoms with Crippen molar-refractivity contribution in [3.8, 4) is 0 Å². The molecule has 1 aliphatic heterocycles. The van der Waals surface area contributed by atoms with Crippen molar-refractivity contribution in [2.75, 3.05) is 36.4 Å². The maximum atomic E-state index is 12.6. The van der Waals surface area contributed by atoms with Gasteiger partial charge in [0.05, 0.1) is 12.1 Å². The molecule has 1 saturated heterocycles. The number of hydrogen-bond acceptors (Lipinski definition) is 6. The van der Waals surface area contributed by atoms with Crippen LogP contribution in [0.5, 0.6) is 0 Å². The highest BCUT2D eigenvalue weighted by Crippen LogP contribution is 2.19. The summed E-state index contributed by atoms with van der Waals surface area (Å²) in [5, 5.41) is 4.84. The van der Waals surface area contributed by atoms with E-state index in [1.807, 2.05) is 23.1 Å². The molecule has 2 aromatic rings. The summed E-state index contributed by atoms with van der Waals surface area (Å²) in [6.07, 6.45) is -0.311. The third kappa shape index (κ3) is 5.69. The van der Waals surface area contributed by atoms with Gasteiger partial charge in [-0.15, -0.1) is 11.3 Å². The van der Waals surface area contributed by atoms with Gasteiger partial charge < -0.3 is 14.5 Å². The number of ether oxygens (including phenoxy) is 1. The Morgan fingerprint density at radius 2 is 1.82 bits per heavy atom. The molecule has 0 unspecified atom stereocenters. The number of anilines is 2. The highest BCUT2D eigenvalue weighted by atomic mass is 32.1. The van der Waals surface area contributed by atoms with Gasteiger partial charge in [0.25, 0.3) is 0 Å². The number of hydrogen-bond donors (Lipinski definition) is 1. The van der Waals surface area contributed by atoms with Crippen LogP contribution in [-0.4, -0.2) is 53.7 Å². The topological polar surface area (TPSA) is 74.8 Å². The predicted octanol–water partition coefficient (Wildman–Crippen LogP) is 3.38. The second kappa shape index (κ2) is 8.60. The first kappa shape index (κ1) is 20.1. The fraction of sp³-hybridized carbons (Fsp3) is 0.450. The summed E-state index contributed by atoms with van der Waals surface area (Å²) in [5.41, 5.74) is 1.28. The van der Waals surface area contributed by atoms with Crippen molar-refractivity contribution < 1.29 is 14.3 Å². The van der Waals surface area contributed by atoms with Crippen LogP contribution in [0.3, 0.4) is 0 Å². The first-order valence-corrected chi connectivity index (χ1v) is 10.2. The maximum absolute atomic E-state index is 12.6. The van der Waals surface area contributed by atoms with E-state index in [1.165, 1.54) is 17.0 Å². The van der Waals surface area contributed by atoms with Gasteiger partial charge in [0.15, 0.2) is 5.13 Å². The van der Waals surface area contributed by atoms with E-state index < -0.39 is 11.7 Å². The van der Waals surface area contributed by atoms with E-state index in [4.69, 9.17) is 4.74 Å². The Kier molecular flexibility index (Phi) is 6.18. The minimum Gasteiger partial charge on any atom is -0.444 e. The summed E-state index contributed by atoms with van der Waals surface area (Å²) in [7, 11) is 0. The van der Waals surface area contributed by atoms with Gasteiger partial charge in [-0.25, -0.2) is 9.78 Å². The van der Waals surface area contributed by atoms with Gasteiger partial charge in [-0.2, -0.15) is 0 Å². The highest BCUT2D eigenvalue weighted by Gasteiger charge is 2.22. The molecule has 0 radical (unpaired) electrons. The molecule has 1 aromatic heterocycles. The number of rotatable bonds is 4. The monoisotopic (exact) mass is 402 g/mol. The number of aromatic nitrogens is 1. The minimum atomic E-state index is -0.567. The Bertz CT molecular complexity index is 808. The predicted molar refractivity (Wildman–Crippen MR) is 111 cm³/mol. The van der Waals surface area contributed by atoms with Gasteiger partial charge in [-0.05, 0) is 32.9 Å². The molecule has 28 heavy (non-hydrogen) atoms. The first-order chi connectivity index (χ1) is 13.3. The lowest BCUT2D eigenvalue weighted by molar-refractivity contribution is -0.130. The molecule has 0 saturated carbocycles. The van der Waals surface area contributed by atoms with Crippen LogP contribution >= 0.6 is 11.3 Å². The molecule has 0 bridgehead atoms. The van der Waals surface area contributed by atoms with Crippen molar-refractivity contribution in [2.45, 2.75) is 32.8 Å². The maximum Gasteiger partial charge on any atom is 0.413 e. The lowest BCUT2D eigenvalue weighted by atomic mass is 10.2. The minimum absolute atomic E-state index is 0.0572. The number of carbonyl (C=O) groups is 2. The molecule has 1 fully saturated rings. The fourth-order valence-corrected chi connectivity index (χ4v) is 3.65. The van der Waals surface area contributed by atoms with E-state index in [0.29, 0.717) is 23.9 Å². The van der Waals surface area contributed by atoms with Gasteiger partial charge in [0.1, 0.15) is 5.60 Å². The summed E-state index contributed by atoms with van der Waals surface area (Å²) < 4.78 is 5.21. The number of piperazine rings is 1. The van der Waals surface area contributed by atoms with Gasteiger partial charge in [-0.1, -0.05) is 18.2 Å². The van der Waals surface area contributed by atoms with E-state index in [2.05, 4.69) is 27.3 Å². The van der Waals surface area contributed by atoms with Crippen molar-refractivity contribution in [1.29, 1.82) is 0 Å². The third-order valence-corrected chi connectivity index (χ3v) is 5.05. The zero-order valence-corrected chi connectivity index (χ0v) is 17.3. The number of nitrogens with one attached hydrogen (secondary N) is 1. The van der Waals surface area contributed by atoms with E-state index >= 15 is 0 Å². The first-order valence-electron chi connectivity index (χ1n) is 9.32. The molecule has 2 heterocycles. The highest BCUT2D eigenvalue weighted by molar-refractivity contribution is 7.13. The molecule has 0 spiro atoms. The lowest BCUT2D eigenvalue weighted by Crippen LogP contribution is -2.49. The molecule has 1 aliphatic rings. The Hall–Kier alpha value is -2.61. The van der Waals surface area contributed by atoms with Crippen molar-refractivity contribution in [3.05, 3.63) is 41.4 Å². The normalized spacial score (nSPS) is 14.7. The van der Waals surface area contributed by atoms with Gasteiger partial charge >= 0.3 is 6.09 Å². The van der Waals surface area contributed by atoms with Crippen LogP contribution in [0.25, 0.3) is 0 Å². The average Bonchev–Trinajstić information content (AvgIpc) is 3.07. The number of nitrogens with zero attached hydrogens (tertiary/aromatic N) is 3. The lowest BCUT2D eigenvalue weighted by Gasteiger charge is -2.36. The second-order valence-corrected chi connectivity index (χ2v) is 8.51. The van der Waals surface area contributed by atoms with Gasteiger partial charge in [0.2, 0.25) is 5.91 Å². The Morgan fingerprint density at radius 3 is 2.46 bits per heavy atom. The fourth-order valence-electron chi connectivity index (χ4n) is 2.96. The van der Waals surface area contributed by atoms with Crippen LogP contribution in [0.1, 0.15) is 26.5 Å². The summed E-state index contributed by atoms with van der Waals surface area (Å²) in [6, 6.07) is 10.2. The Morgan fingerprint density at radius 1 is 1.14 bits per heavy atom. The molecular formula is C20H26N4O3S. The van der Waals surface area contributed by atoms with Crippen molar-refractivity contribution in [1.82, 2.24) is 9.88 Å². The third-order valence-electron chi connectivity index (χ3n) is 4.25.